The van der Waals surface area contributed by atoms with Gasteiger partial charge in [0.1, 0.15) is 11.9 Å². The maximum Gasteiger partial charge on any atom is 0.183 e. The molecular weight excluding hydrogens is 296 g/mol. The second kappa shape index (κ2) is 5.53. The molecule has 0 amide bonds. The molecule has 0 saturated heterocycles. The SMILES string of the molecule is N#Cc1cc(Cl)c(F)cc1NCc1cnc(Cl)s1. The normalized spacial score (nSPS) is 10.1. The van der Waals surface area contributed by atoms with Gasteiger partial charge in [-0.25, -0.2) is 9.37 Å². The lowest BCUT2D eigenvalue weighted by Crippen LogP contribution is -2.00. The van der Waals surface area contributed by atoms with Crippen LogP contribution in [0.3, 0.4) is 0 Å². The quantitative estimate of drug-likeness (QED) is 0.929. The van der Waals surface area contributed by atoms with Crippen LogP contribution in [0.5, 0.6) is 0 Å². The molecule has 0 unspecified atom stereocenters. The summed E-state index contributed by atoms with van der Waals surface area (Å²) in [4.78, 5) is 4.78. The van der Waals surface area contributed by atoms with Gasteiger partial charge in [-0.05, 0) is 12.1 Å². The average molecular weight is 302 g/mol. The molecule has 0 aliphatic rings. The fourth-order valence-corrected chi connectivity index (χ4v) is 2.41. The van der Waals surface area contributed by atoms with E-state index in [1.54, 1.807) is 6.20 Å². The third-order valence-corrected chi connectivity index (χ3v) is 3.56. The lowest BCUT2D eigenvalue weighted by atomic mass is 10.2. The Morgan fingerprint density at radius 1 is 1.44 bits per heavy atom. The zero-order chi connectivity index (χ0) is 13.1. The molecule has 0 radical (unpaired) electrons. The zero-order valence-corrected chi connectivity index (χ0v) is 11.2. The molecule has 0 spiro atoms. The average Bonchev–Trinajstić information content (AvgIpc) is 2.76. The number of aromatic nitrogens is 1. The van der Waals surface area contributed by atoms with Gasteiger partial charge < -0.3 is 5.32 Å². The molecule has 92 valence electrons. The van der Waals surface area contributed by atoms with E-state index < -0.39 is 5.82 Å². The number of hydrogen-bond donors (Lipinski definition) is 1. The van der Waals surface area contributed by atoms with Gasteiger partial charge in [0.2, 0.25) is 0 Å². The molecule has 18 heavy (non-hydrogen) atoms. The largest absolute Gasteiger partial charge is 0.379 e. The molecule has 0 atom stereocenters. The first-order valence-corrected chi connectivity index (χ1v) is 6.40. The molecule has 2 rings (SSSR count). The van der Waals surface area contributed by atoms with Crippen LogP contribution in [0.2, 0.25) is 9.49 Å². The van der Waals surface area contributed by atoms with E-state index in [1.165, 1.54) is 23.5 Å². The molecule has 0 bridgehead atoms. The molecule has 1 aromatic heterocycles. The van der Waals surface area contributed by atoms with Crippen LogP contribution in [0, 0.1) is 17.1 Å². The van der Waals surface area contributed by atoms with E-state index in [1.807, 2.05) is 6.07 Å². The number of anilines is 1. The molecule has 2 aromatic rings. The van der Waals surface area contributed by atoms with Crippen LogP contribution in [-0.2, 0) is 6.54 Å². The standard InChI is InChI=1S/C11H6Cl2FN3S/c12-8-1-6(3-15)10(2-9(8)14)16-4-7-5-17-11(13)18-7/h1-2,5,16H,4H2. The minimum absolute atomic E-state index is 0.0714. The molecule has 7 heteroatoms. The summed E-state index contributed by atoms with van der Waals surface area (Å²) in [5.74, 6) is -0.569. The van der Waals surface area contributed by atoms with E-state index in [-0.39, 0.29) is 10.6 Å². The summed E-state index contributed by atoms with van der Waals surface area (Å²) in [5, 5.41) is 11.8. The van der Waals surface area contributed by atoms with Crippen molar-refractivity contribution in [3.8, 4) is 6.07 Å². The summed E-state index contributed by atoms with van der Waals surface area (Å²) in [6.07, 6.45) is 1.62. The zero-order valence-electron chi connectivity index (χ0n) is 8.88. The van der Waals surface area contributed by atoms with Crippen molar-refractivity contribution in [2.75, 3.05) is 5.32 Å². The first kappa shape index (κ1) is 13.1. The van der Waals surface area contributed by atoms with Crippen LogP contribution in [0.25, 0.3) is 0 Å². The summed E-state index contributed by atoms with van der Waals surface area (Å²) in [6, 6.07) is 4.44. The predicted octanol–water partition coefficient (Wildman–Crippen LogP) is 4.07. The molecule has 0 aliphatic heterocycles. The second-order valence-electron chi connectivity index (χ2n) is 3.36. The van der Waals surface area contributed by atoms with Gasteiger partial charge in [0.15, 0.2) is 4.47 Å². The predicted molar refractivity (Wildman–Crippen MR) is 70.6 cm³/mol. The molecule has 0 fully saturated rings. The summed E-state index contributed by atoms with van der Waals surface area (Å²) in [7, 11) is 0. The third-order valence-electron chi connectivity index (χ3n) is 2.16. The van der Waals surface area contributed by atoms with E-state index in [9.17, 15) is 4.39 Å². The van der Waals surface area contributed by atoms with E-state index in [0.717, 1.165) is 4.88 Å². The van der Waals surface area contributed by atoms with Crippen molar-refractivity contribution in [1.82, 2.24) is 4.98 Å². The van der Waals surface area contributed by atoms with Crippen molar-refractivity contribution in [2.45, 2.75) is 6.54 Å². The Morgan fingerprint density at radius 3 is 2.83 bits per heavy atom. The number of nitrogens with zero attached hydrogens (tertiary/aromatic N) is 2. The van der Waals surface area contributed by atoms with Crippen LogP contribution >= 0.6 is 34.5 Å². The molecule has 0 aliphatic carbocycles. The fraction of sp³-hybridized carbons (Fsp3) is 0.0909. The van der Waals surface area contributed by atoms with Crippen molar-refractivity contribution < 1.29 is 4.39 Å². The summed E-state index contributed by atoms with van der Waals surface area (Å²) in [6.45, 7) is 0.417. The van der Waals surface area contributed by atoms with E-state index in [0.29, 0.717) is 16.7 Å². The summed E-state index contributed by atoms with van der Waals surface area (Å²) >= 11 is 12.6. The van der Waals surface area contributed by atoms with Crippen LogP contribution in [-0.4, -0.2) is 4.98 Å². The molecule has 1 N–H and O–H groups in total. The van der Waals surface area contributed by atoms with Crippen LogP contribution in [0.15, 0.2) is 18.3 Å². The van der Waals surface area contributed by atoms with E-state index >= 15 is 0 Å². The van der Waals surface area contributed by atoms with Crippen molar-refractivity contribution >= 4 is 40.2 Å². The van der Waals surface area contributed by atoms with Crippen molar-refractivity contribution in [3.05, 3.63) is 44.1 Å². The van der Waals surface area contributed by atoms with Gasteiger partial charge >= 0.3 is 0 Å². The number of hydrogen-bond acceptors (Lipinski definition) is 4. The van der Waals surface area contributed by atoms with Crippen LogP contribution in [0.1, 0.15) is 10.4 Å². The van der Waals surface area contributed by atoms with Gasteiger partial charge in [-0.15, -0.1) is 11.3 Å². The smallest absolute Gasteiger partial charge is 0.183 e. The van der Waals surface area contributed by atoms with E-state index in [2.05, 4.69) is 10.3 Å². The number of benzene rings is 1. The molecular formula is C11H6Cl2FN3S. The number of thiazole rings is 1. The fourth-order valence-electron chi connectivity index (χ4n) is 1.33. The van der Waals surface area contributed by atoms with Crippen LogP contribution in [0.4, 0.5) is 10.1 Å². The molecule has 1 heterocycles. The van der Waals surface area contributed by atoms with Crippen molar-refractivity contribution in [3.63, 3.8) is 0 Å². The first-order valence-electron chi connectivity index (χ1n) is 4.83. The Bertz CT molecular complexity index is 621. The highest BCUT2D eigenvalue weighted by Gasteiger charge is 2.08. The Labute approximate surface area is 117 Å². The van der Waals surface area contributed by atoms with Gasteiger partial charge in [0.25, 0.3) is 0 Å². The van der Waals surface area contributed by atoms with Crippen molar-refractivity contribution in [2.24, 2.45) is 0 Å². The maximum absolute atomic E-state index is 13.3. The maximum atomic E-state index is 13.3. The van der Waals surface area contributed by atoms with Gasteiger partial charge in [0, 0.05) is 11.1 Å². The minimum atomic E-state index is -0.569. The lowest BCUT2D eigenvalue weighted by Gasteiger charge is -2.07. The Hall–Kier alpha value is -1.35. The van der Waals surface area contributed by atoms with E-state index in [4.69, 9.17) is 28.5 Å². The highest BCUT2D eigenvalue weighted by atomic mass is 35.5. The number of nitrogens with one attached hydrogen (secondary N) is 1. The minimum Gasteiger partial charge on any atom is -0.379 e. The van der Waals surface area contributed by atoms with Gasteiger partial charge in [-0.3, -0.25) is 0 Å². The van der Waals surface area contributed by atoms with Gasteiger partial charge in [-0.2, -0.15) is 5.26 Å². The third kappa shape index (κ3) is 2.91. The number of nitriles is 1. The van der Waals surface area contributed by atoms with Crippen LogP contribution < -0.4 is 5.32 Å². The highest BCUT2D eigenvalue weighted by molar-refractivity contribution is 7.15. The topological polar surface area (TPSA) is 48.7 Å². The Kier molecular flexibility index (Phi) is 4.02. The number of halogens is 3. The Balaban J connectivity index is 2.19. The lowest BCUT2D eigenvalue weighted by molar-refractivity contribution is 0.628. The highest BCUT2D eigenvalue weighted by Crippen LogP contribution is 2.25. The number of rotatable bonds is 3. The monoisotopic (exact) mass is 301 g/mol. The Morgan fingerprint density at radius 2 is 2.22 bits per heavy atom. The van der Waals surface area contributed by atoms with Gasteiger partial charge in [0.05, 0.1) is 22.8 Å². The molecule has 0 saturated carbocycles. The summed E-state index contributed by atoms with van der Waals surface area (Å²) < 4.78 is 13.8. The summed E-state index contributed by atoms with van der Waals surface area (Å²) in [5.41, 5.74) is 0.681. The van der Waals surface area contributed by atoms with Gasteiger partial charge in [-0.1, -0.05) is 23.2 Å². The van der Waals surface area contributed by atoms with Crippen molar-refractivity contribution in [1.29, 1.82) is 5.26 Å². The molecule has 3 nitrogen and oxygen atoms in total. The molecule has 1 aromatic carbocycles. The second-order valence-corrected chi connectivity index (χ2v) is 5.46. The first-order chi connectivity index (χ1) is 8.60.